The highest BCUT2D eigenvalue weighted by Gasteiger charge is 2.20. The van der Waals surface area contributed by atoms with Crippen LogP contribution < -0.4 is 10.1 Å². The smallest absolute Gasteiger partial charge is 0.150 e. The summed E-state index contributed by atoms with van der Waals surface area (Å²) in [4.78, 5) is 4.15. The molecule has 3 rings (SSSR count). The summed E-state index contributed by atoms with van der Waals surface area (Å²) in [7, 11) is 0. The van der Waals surface area contributed by atoms with Gasteiger partial charge in [-0.2, -0.15) is 0 Å². The van der Waals surface area contributed by atoms with Gasteiger partial charge in [0.15, 0.2) is 0 Å². The van der Waals surface area contributed by atoms with Crippen LogP contribution in [0.4, 0.5) is 0 Å². The van der Waals surface area contributed by atoms with Crippen molar-refractivity contribution in [2.24, 2.45) is 0 Å². The molecule has 1 fully saturated rings. The second kappa shape index (κ2) is 5.81. The fourth-order valence-electron chi connectivity index (χ4n) is 1.99. The van der Waals surface area contributed by atoms with E-state index in [1.54, 1.807) is 12.4 Å². The lowest BCUT2D eigenvalue weighted by Gasteiger charge is -2.13. The summed E-state index contributed by atoms with van der Waals surface area (Å²) in [5.74, 6) is 1.56. The predicted octanol–water partition coefficient (Wildman–Crippen LogP) is 4.09. The molecule has 0 spiro atoms. The number of nitrogens with one attached hydrogen (secondary N) is 1. The summed E-state index contributed by atoms with van der Waals surface area (Å²) >= 11 is 6.03. The van der Waals surface area contributed by atoms with E-state index in [4.69, 9.17) is 16.3 Å². The number of rotatable bonds is 5. The van der Waals surface area contributed by atoms with Crippen molar-refractivity contribution in [2.45, 2.75) is 32.4 Å². The van der Waals surface area contributed by atoms with Crippen LogP contribution in [0.5, 0.6) is 11.5 Å². The SMILES string of the molecule is Cc1ccc(Cl)cc1Oc1cnccc1CNC1CC1. The normalized spacial score (nSPS) is 14.3. The largest absolute Gasteiger partial charge is 0.455 e. The molecule has 1 N–H and O–H groups in total. The van der Waals surface area contributed by atoms with E-state index >= 15 is 0 Å². The zero-order valence-corrected chi connectivity index (χ0v) is 12.2. The minimum absolute atomic E-state index is 0.670. The van der Waals surface area contributed by atoms with Gasteiger partial charge in [-0.15, -0.1) is 0 Å². The molecule has 3 nitrogen and oxygen atoms in total. The third-order valence-corrected chi connectivity index (χ3v) is 3.63. The fraction of sp³-hybridized carbons (Fsp3) is 0.312. The second-order valence-electron chi connectivity index (χ2n) is 5.15. The van der Waals surface area contributed by atoms with Gasteiger partial charge in [-0.05, 0) is 43.5 Å². The van der Waals surface area contributed by atoms with E-state index in [0.717, 1.165) is 29.2 Å². The van der Waals surface area contributed by atoms with Crippen LogP contribution in [0.25, 0.3) is 0 Å². The third kappa shape index (κ3) is 3.30. The van der Waals surface area contributed by atoms with E-state index in [1.807, 2.05) is 31.2 Å². The maximum absolute atomic E-state index is 6.03. The van der Waals surface area contributed by atoms with Gasteiger partial charge in [0.2, 0.25) is 0 Å². The molecule has 104 valence electrons. The van der Waals surface area contributed by atoms with Crippen molar-refractivity contribution in [2.75, 3.05) is 0 Å². The molecule has 0 saturated heterocycles. The van der Waals surface area contributed by atoms with Gasteiger partial charge in [0.05, 0.1) is 6.20 Å². The van der Waals surface area contributed by atoms with Gasteiger partial charge in [-0.25, -0.2) is 0 Å². The first-order chi connectivity index (χ1) is 9.72. The van der Waals surface area contributed by atoms with Crippen LogP contribution in [0, 0.1) is 6.92 Å². The Bertz CT molecular complexity index is 611. The molecule has 1 aromatic carbocycles. The minimum atomic E-state index is 0.670. The molecule has 1 aromatic heterocycles. The number of hydrogen-bond donors (Lipinski definition) is 1. The molecular formula is C16H17ClN2O. The van der Waals surface area contributed by atoms with Gasteiger partial charge in [-0.3, -0.25) is 4.98 Å². The van der Waals surface area contributed by atoms with E-state index in [1.165, 1.54) is 12.8 Å². The molecule has 0 aliphatic heterocycles. The highest BCUT2D eigenvalue weighted by Crippen LogP contribution is 2.30. The molecule has 1 aliphatic rings. The zero-order valence-electron chi connectivity index (χ0n) is 11.4. The van der Waals surface area contributed by atoms with E-state index < -0.39 is 0 Å². The summed E-state index contributed by atoms with van der Waals surface area (Å²) in [5.41, 5.74) is 2.17. The van der Waals surface area contributed by atoms with Crippen LogP contribution in [0.1, 0.15) is 24.0 Å². The Balaban J connectivity index is 1.80. The van der Waals surface area contributed by atoms with Crippen molar-refractivity contribution in [3.05, 3.63) is 52.8 Å². The number of halogens is 1. The lowest BCUT2D eigenvalue weighted by molar-refractivity contribution is 0.466. The molecule has 2 aromatic rings. The van der Waals surface area contributed by atoms with Crippen LogP contribution in [-0.2, 0) is 6.54 Å². The number of aryl methyl sites for hydroxylation is 1. The second-order valence-corrected chi connectivity index (χ2v) is 5.59. The van der Waals surface area contributed by atoms with Crippen LogP contribution in [0.15, 0.2) is 36.7 Å². The topological polar surface area (TPSA) is 34.1 Å². The van der Waals surface area contributed by atoms with E-state index in [0.29, 0.717) is 11.1 Å². The quantitative estimate of drug-likeness (QED) is 0.900. The summed E-state index contributed by atoms with van der Waals surface area (Å²) < 4.78 is 5.99. The van der Waals surface area contributed by atoms with Gasteiger partial charge in [-0.1, -0.05) is 17.7 Å². The Hall–Kier alpha value is -1.58. The van der Waals surface area contributed by atoms with Crippen molar-refractivity contribution >= 4 is 11.6 Å². The van der Waals surface area contributed by atoms with Crippen molar-refractivity contribution in [3.63, 3.8) is 0 Å². The Kier molecular flexibility index (Phi) is 3.90. The molecule has 1 aliphatic carbocycles. The van der Waals surface area contributed by atoms with Crippen molar-refractivity contribution < 1.29 is 4.74 Å². The summed E-state index contributed by atoms with van der Waals surface area (Å²) in [6, 6.07) is 8.31. The number of pyridine rings is 1. The van der Waals surface area contributed by atoms with Crippen LogP contribution in [-0.4, -0.2) is 11.0 Å². The average molecular weight is 289 g/mol. The molecule has 0 unspecified atom stereocenters. The molecule has 4 heteroatoms. The monoisotopic (exact) mass is 288 g/mol. The van der Waals surface area contributed by atoms with Crippen LogP contribution in [0.2, 0.25) is 5.02 Å². The Morgan fingerprint density at radius 1 is 1.30 bits per heavy atom. The van der Waals surface area contributed by atoms with E-state index in [2.05, 4.69) is 10.3 Å². The van der Waals surface area contributed by atoms with E-state index in [9.17, 15) is 0 Å². The predicted molar refractivity (Wildman–Crippen MR) is 80.4 cm³/mol. The van der Waals surface area contributed by atoms with Crippen LogP contribution >= 0.6 is 11.6 Å². The molecule has 1 heterocycles. The fourth-order valence-corrected chi connectivity index (χ4v) is 2.15. The lowest BCUT2D eigenvalue weighted by atomic mass is 10.2. The first-order valence-electron chi connectivity index (χ1n) is 6.82. The summed E-state index contributed by atoms with van der Waals surface area (Å²) in [6.45, 7) is 2.81. The Morgan fingerprint density at radius 2 is 2.15 bits per heavy atom. The highest BCUT2D eigenvalue weighted by atomic mass is 35.5. The maximum atomic E-state index is 6.03. The molecule has 0 atom stereocenters. The van der Waals surface area contributed by atoms with Gasteiger partial charge in [0.1, 0.15) is 11.5 Å². The average Bonchev–Trinajstić information content (AvgIpc) is 3.26. The van der Waals surface area contributed by atoms with E-state index in [-0.39, 0.29) is 0 Å². The number of nitrogens with zero attached hydrogens (tertiary/aromatic N) is 1. The number of benzene rings is 1. The number of aromatic nitrogens is 1. The molecular weight excluding hydrogens is 272 g/mol. The van der Waals surface area contributed by atoms with Gasteiger partial charge >= 0.3 is 0 Å². The van der Waals surface area contributed by atoms with Gasteiger partial charge < -0.3 is 10.1 Å². The first-order valence-corrected chi connectivity index (χ1v) is 7.20. The molecule has 0 bridgehead atoms. The highest BCUT2D eigenvalue weighted by molar-refractivity contribution is 6.30. The van der Waals surface area contributed by atoms with Crippen molar-refractivity contribution in [1.82, 2.24) is 10.3 Å². The zero-order chi connectivity index (χ0) is 13.9. The van der Waals surface area contributed by atoms with Crippen LogP contribution in [0.3, 0.4) is 0 Å². The first kappa shape index (κ1) is 13.4. The van der Waals surface area contributed by atoms with Crippen molar-refractivity contribution in [3.8, 4) is 11.5 Å². The molecule has 0 radical (unpaired) electrons. The third-order valence-electron chi connectivity index (χ3n) is 3.40. The molecule has 0 amide bonds. The molecule has 20 heavy (non-hydrogen) atoms. The minimum Gasteiger partial charge on any atom is -0.455 e. The van der Waals surface area contributed by atoms with Gasteiger partial charge in [0.25, 0.3) is 0 Å². The Morgan fingerprint density at radius 3 is 2.95 bits per heavy atom. The summed E-state index contributed by atoms with van der Waals surface area (Å²) in [5, 5.41) is 4.16. The molecule has 1 saturated carbocycles. The number of ether oxygens (including phenoxy) is 1. The van der Waals surface area contributed by atoms with Gasteiger partial charge in [0, 0.05) is 29.4 Å². The lowest BCUT2D eigenvalue weighted by Crippen LogP contribution is -2.15. The van der Waals surface area contributed by atoms with Crippen molar-refractivity contribution in [1.29, 1.82) is 0 Å². The number of hydrogen-bond acceptors (Lipinski definition) is 3. The standard InChI is InChI=1S/C16H17ClN2O/c1-11-2-3-13(17)8-15(11)20-16-10-18-7-6-12(16)9-19-14-4-5-14/h2-3,6-8,10,14,19H,4-5,9H2,1H3. The maximum Gasteiger partial charge on any atom is 0.150 e. The Labute approximate surface area is 123 Å². The summed E-state index contributed by atoms with van der Waals surface area (Å²) in [6.07, 6.45) is 6.09.